The van der Waals surface area contributed by atoms with E-state index < -0.39 is 22.5 Å². The van der Waals surface area contributed by atoms with Gasteiger partial charge in [0.1, 0.15) is 0 Å². The second-order valence-corrected chi connectivity index (χ2v) is 4.50. The van der Waals surface area contributed by atoms with E-state index in [1.807, 2.05) is 0 Å². The van der Waals surface area contributed by atoms with E-state index in [1.54, 1.807) is 0 Å². The Hall–Kier alpha value is -3.63. The van der Waals surface area contributed by atoms with Gasteiger partial charge in [-0.1, -0.05) is 0 Å². The molecule has 1 aromatic heterocycles. The first-order valence-electron chi connectivity index (χ1n) is 6.50. The fourth-order valence-corrected chi connectivity index (χ4v) is 1.77. The fraction of sp³-hybridized carbons (Fsp3) is 0.154. The first kappa shape index (κ1) is 16.7. The van der Waals surface area contributed by atoms with Crippen LogP contribution in [0.2, 0.25) is 0 Å². The highest BCUT2D eigenvalue weighted by molar-refractivity contribution is 5.78. The van der Waals surface area contributed by atoms with Crippen molar-refractivity contribution in [3.8, 4) is 5.75 Å². The van der Waals surface area contributed by atoms with Gasteiger partial charge in [-0.15, -0.1) is 0 Å². The summed E-state index contributed by atoms with van der Waals surface area (Å²) in [5.41, 5.74) is -0.757. The summed E-state index contributed by atoms with van der Waals surface area (Å²) in [6.45, 7) is 2.33. The van der Waals surface area contributed by atoms with E-state index in [2.05, 4.69) is 10.2 Å². The molecule has 0 fully saturated rings. The summed E-state index contributed by atoms with van der Waals surface area (Å²) in [7, 11) is 0. The van der Waals surface area contributed by atoms with Crippen LogP contribution in [0, 0.1) is 15.3 Å². The molecule has 0 amide bonds. The van der Waals surface area contributed by atoms with Gasteiger partial charge in [-0.25, -0.2) is 0 Å². The van der Waals surface area contributed by atoms with E-state index >= 15 is 0 Å². The average molecular weight is 333 g/mol. The van der Waals surface area contributed by atoms with Gasteiger partial charge in [0.25, 0.3) is 11.4 Å². The molecule has 24 heavy (non-hydrogen) atoms. The Kier molecular flexibility index (Phi) is 4.63. The molecule has 0 atom stereocenters. The van der Waals surface area contributed by atoms with Crippen LogP contribution in [0.25, 0.3) is 0 Å². The minimum atomic E-state index is -0.715. The van der Waals surface area contributed by atoms with Crippen LogP contribution in [0.4, 0.5) is 17.2 Å². The predicted molar refractivity (Wildman–Crippen MR) is 78.3 cm³/mol. The van der Waals surface area contributed by atoms with E-state index in [9.17, 15) is 24.9 Å². The lowest BCUT2D eigenvalue weighted by atomic mass is 10.2. The number of nitrogens with zero attached hydrogens (tertiary/aromatic N) is 5. The van der Waals surface area contributed by atoms with E-state index in [0.29, 0.717) is 0 Å². The third-order valence-corrected chi connectivity index (χ3v) is 2.73. The Morgan fingerprint density at radius 3 is 2.54 bits per heavy atom. The largest absolute Gasteiger partial charge is 0.594 e. The third kappa shape index (κ3) is 3.58. The molecule has 0 spiro atoms. The average Bonchev–Trinajstić information content (AvgIpc) is 2.95. The number of esters is 1. The zero-order valence-corrected chi connectivity index (χ0v) is 12.6. The normalized spacial score (nSPS) is 11.2. The summed E-state index contributed by atoms with van der Waals surface area (Å²) < 4.78 is 5.71. The van der Waals surface area contributed by atoms with Crippen LogP contribution < -0.4 is 4.74 Å². The van der Waals surface area contributed by atoms with Crippen molar-refractivity contribution in [2.24, 2.45) is 5.11 Å². The molecule has 0 N–H and O–H groups in total. The summed E-state index contributed by atoms with van der Waals surface area (Å²) >= 11 is 0. The lowest BCUT2D eigenvalue weighted by Crippen LogP contribution is -2.08. The van der Waals surface area contributed by atoms with Crippen molar-refractivity contribution in [1.29, 1.82) is 0 Å². The lowest BCUT2D eigenvalue weighted by Gasteiger charge is -2.06. The number of carbonyl (C=O) groups is 2. The van der Waals surface area contributed by atoms with Crippen LogP contribution in [-0.4, -0.2) is 31.4 Å². The number of benzene rings is 1. The minimum absolute atomic E-state index is 0.0156. The predicted octanol–water partition coefficient (Wildman–Crippen LogP) is 2.30. The van der Waals surface area contributed by atoms with Crippen LogP contribution in [-0.2, 0) is 4.79 Å². The number of nitro groups is 1. The fourth-order valence-electron chi connectivity index (χ4n) is 1.77. The number of non-ortho nitro benzene ring substituents is 1. The molecule has 0 saturated heterocycles. The number of hydrogen-bond acceptors (Lipinski definition) is 8. The van der Waals surface area contributed by atoms with Gasteiger partial charge < -0.3 is 9.94 Å². The molecule has 0 radical (unpaired) electrons. The van der Waals surface area contributed by atoms with Gasteiger partial charge in [0.15, 0.2) is 0 Å². The molecule has 0 aliphatic rings. The van der Waals surface area contributed by atoms with E-state index in [-0.39, 0.29) is 22.1 Å². The number of ether oxygens (including phenoxy) is 1. The minimum Gasteiger partial charge on any atom is -0.594 e. The number of nitro benzene ring substituents is 1. The highest BCUT2D eigenvalue weighted by atomic mass is 16.6. The van der Waals surface area contributed by atoms with Crippen LogP contribution >= 0.6 is 0 Å². The topological polar surface area (TPSA) is 143 Å². The standard InChI is InChI=1S/C13H11N5O6/c1-8(19)16-13(5-6-14-16)15-17(21)11-7-10(18(22)23)3-4-12(11)24-9(2)20/h3-7H,1-2H3/b17-15+. The molecule has 0 aliphatic carbocycles. The van der Waals surface area contributed by atoms with Gasteiger partial charge >= 0.3 is 5.97 Å². The number of carbonyl (C=O) groups excluding carboxylic acids is 2. The summed E-state index contributed by atoms with van der Waals surface area (Å²) in [5.74, 6) is -1.49. The Morgan fingerprint density at radius 2 is 1.96 bits per heavy atom. The summed E-state index contributed by atoms with van der Waals surface area (Å²) in [4.78, 5) is 32.6. The van der Waals surface area contributed by atoms with Crippen molar-refractivity contribution >= 4 is 29.1 Å². The van der Waals surface area contributed by atoms with Gasteiger partial charge in [-0.05, 0) is 10.9 Å². The Labute approximate surface area is 134 Å². The molecule has 124 valence electrons. The molecule has 11 heteroatoms. The molecule has 1 heterocycles. The van der Waals surface area contributed by atoms with E-state index in [4.69, 9.17) is 4.74 Å². The zero-order valence-electron chi connectivity index (χ0n) is 12.6. The Balaban J connectivity index is 2.54. The van der Waals surface area contributed by atoms with Crippen LogP contribution in [0.3, 0.4) is 0 Å². The highest BCUT2D eigenvalue weighted by Gasteiger charge is 2.21. The van der Waals surface area contributed by atoms with Crippen LogP contribution in [0.5, 0.6) is 5.75 Å². The van der Waals surface area contributed by atoms with Gasteiger partial charge in [0.2, 0.25) is 17.5 Å². The number of hydrogen-bond donors (Lipinski definition) is 0. The number of rotatable bonds is 4. The number of aromatic nitrogens is 2. The Morgan fingerprint density at radius 1 is 1.25 bits per heavy atom. The van der Waals surface area contributed by atoms with Crippen molar-refractivity contribution in [2.75, 3.05) is 0 Å². The zero-order chi connectivity index (χ0) is 17.9. The molecule has 0 saturated carbocycles. The highest BCUT2D eigenvalue weighted by Crippen LogP contribution is 2.32. The molecule has 11 nitrogen and oxygen atoms in total. The van der Waals surface area contributed by atoms with Crippen LogP contribution in [0.1, 0.15) is 18.6 Å². The molecular formula is C13H11N5O6. The second-order valence-electron chi connectivity index (χ2n) is 4.50. The maximum Gasteiger partial charge on any atom is 0.308 e. The Bertz CT molecular complexity index is 856. The summed E-state index contributed by atoms with van der Waals surface area (Å²) in [6, 6.07) is 4.39. The van der Waals surface area contributed by atoms with E-state index in [1.165, 1.54) is 19.2 Å². The smallest absolute Gasteiger partial charge is 0.308 e. The van der Waals surface area contributed by atoms with Gasteiger partial charge in [0, 0.05) is 31.1 Å². The molecule has 2 rings (SSSR count). The molecule has 0 aliphatic heterocycles. The van der Waals surface area contributed by atoms with Crippen LogP contribution in [0.15, 0.2) is 35.6 Å². The van der Waals surface area contributed by atoms with Gasteiger partial charge in [0.05, 0.1) is 17.2 Å². The lowest BCUT2D eigenvalue weighted by molar-refractivity contribution is -0.437. The summed E-state index contributed by atoms with van der Waals surface area (Å²) in [5, 5.41) is 30.4. The van der Waals surface area contributed by atoms with Crippen molar-refractivity contribution < 1.29 is 24.1 Å². The van der Waals surface area contributed by atoms with Crippen molar-refractivity contribution in [1.82, 2.24) is 9.78 Å². The molecule has 2 aromatic rings. The van der Waals surface area contributed by atoms with Crippen molar-refractivity contribution in [2.45, 2.75) is 13.8 Å². The van der Waals surface area contributed by atoms with Gasteiger partial charge in [-0.2, -0.15) is 9.78 Å². The molecular weight excluding hydrogens is 322 g/mol. The molecule has 0 bridgehead atoms. The molecule has 0 unspecified atom stereocenters. The maximum absolute atomic E-state index is 12.2. The summed E-state index contributed by atoms with van der Waals surface area (Å²) in [6.07, 6.45) is 1.26. The number of azo groups is 1. The van der Waals surface area contributed by atoms with Crippen molar-refractivity contribution in [3.63, 3.8) is 0 Å². The quantitative estimate of drug-likeness (QED) is 0.208. The first-order chi connectivity index (χ1) is 11.3. The first-order valence-corrected chi connectivity index (χ1v) is 6.50. The molecule has 1 aromatic carbocycles. The van der Waals surface area contributed by atoms with Crippen molar-refractivity contribution in [3.05, 3.63) is 45.8 Å². The van der Waals surface area contributed by atoms with Gasteiger partial charge in [-0.3, -0.25) is 19.7 Å². The van der Waals surface area contributed by atoms with E-state index in [0.717, 1.165) is 29.8 Å². The monoisotopic (exact) mass is 333 g/mol. The third-order valence-electron chi connectivity index (χ3n) is 2.73. The second kappa shape index (κ2) is 6.64. The SMILES string of the molecule is CC(=O)Oc1ccc([N+](=O)[O-])cc1/[N+]([O-])=N\c1ccnn1C(C)=O. The maximum atomic E-state index is 12.2.